The summed E-state index contributed by atoms with van der Waals surface area (Å²) in [4.78, 5) is 0. The summed E-state index contributed by atoms with van der Waals surface area (Å²) in [6, 6.07) is 10.7. The fourth-order valence-electron chi connectivity index (χ4n) is 0.949. The zero-order valence-electron chi connectivity index (χ0n) is 6.92. The van der Waals surface area contributed by atoms with Gasteiger partial charge in [0.15, 0.2) is 0 Å². The van der Waals surface area contributed by atoms with Crippen molar-refractivity contribution in [2.75, 3.05) is 0 Å². The second-order valence-electron chi connectivity index (χ2n) is 2.82. The highest BCUT2D eigenvalue weighted by Gasteiger charge is 2.01. The van der Waals surface area contributed by atoms with Gasteiger partial charge in [-0.25, -0.2) is 0 Å². The Kier molecular flexibility index (Phi) is 6.16. The number of halogens is 1. The molecule has 0 aliphatic carbocycles. The van der Waals surface area contributed by atoms with Crippen LogP contribution in [0, 0.1) is 0 Å². The lowest BCUT2D eigenvalue weighted by molar-refractivity contribution is -0.00000209. The Bertz CT molecular complexity index is 184. The monoisotopic (exact) mass is 280 g/mol. The first-order valence-electron chi connectivity index (χ1n) is 3.69. The molecule has 0 saturated heterocycles. The van der Waals surface area contributed by atoms with E-state index in [0.717, 1.165) is 5.66 Å². The van der Waals surface area contributed by atoms with Gasteiger partial charge in [0.1, 0.15) is 0 Å². The molecule has 62 valence electrons. The Morgan fingerprint density at radius 1 is 1.09 bits per heavy atom. The molecular weight excluding hydrogens is 266 g/mol. The fourth-order valence-corrected chi connectivity index (χ4v) is 2.16. The van der Waals surface area contributed by atoms with Crippen molar-refractivity contribution >= 4 is 13.9 Å². The molecule has 0 saturated carbocycles. The van der Waals surface area contributed by atoms with Crippen molar-refractivity contribution in [1.29, 1.82) is 0 Å². The smallest absolute Gasteiger partial charge is 0.0892 e. The molecule has 2 heteroatoms. The van der Waals surface area contributed by atoms with Crippen molar-refractivity contribution in [3.8, 4) is 0 Å². The van der Waals surface area contributed by atoms with Crippen LogP contribution in [0.2, 0.25) is 0 Å². The van der Waals surface area contributed by atoms with Crippen LogP contribution >= 0.6 is 8.58 Å². The molecule has 11 heavy (non-hydrogen) atoms. The van der Waals surface area contributed by atoms with Crippen molar-refractivity contribution < 1.29 is 24.0 Å². The van der Waals surface area contributed by atoms with Gasteiger partial charge in [-0.15, -0.1) is 0 Å². The van der Waals surface area contributed by atoms with E-state index in [0.29, 0.717) is 8.58 Å². The summed E-state index contributed by atoms with van der Waals surface area (Å²) in [6.07, 6.45) is 0. The highest BCUT2D eigenvalue weighted by atomic mass is 127. The first kappa shape index (κ1) is 11.4. The van der Waals surface area contributed by atoms with E-state index in [1.54, 1.807) is 0 Å². The van der Waals surface area contributed by atoms with Crippen LogP contribution in [0.15, 0.2) is 30.3 Å². The van der Waals surface area contributed by atoms with E-state index in [-0.39, 0.29) is 24.0 Å². The maximum absolute atomic E-state index is 2.28. The number of hydrogen-bond donors (Lipinski definition) is 0. The number of benzene rings is 1. The maximum Gasteiger partial charge on any atom is 0.0892 e. The second kappa shape index (κ2) is 5.96. The third-order valence-corrected chi connectivity index (χ3v) is 2.76. The molecule has 0 aliphatic rings. The van der Waals surface area contributed by atoms with Gasteiger partial charge >= 0.3 is 0 Å². The van der Waals surface area contributed by atoms with Crippen LogP contribution in [0.3, 0.4) is 0 Å². The van der Waals surface area contributed by atoms with Crippen LogP contribution in [0.5, 0.6) is 0 Å². The summed E-state index contributed by atoms with van der Waals surface area (Å²) >= 11 is 0. The zero-order chi connectivity index (χ0) is 7.40. The maximum atomic E-state index is 2.28. The Hall–Kier alpha value is 0.380. The molecule has 1 aromatic rings. The molecule has 0 aromatic heterocycles. The van der Waals surface area contributed by atoms with Crippen molar-refractivity contribution in [3.05, 3.63) is 30.3 Å². The van der Waals surface area contributed by atoms with Crippen molar-refractivity contribution in [1.82, 2.24) is 0 Å². The average molecular weight is 280 g/mol. The molecule has 0 bridgehead atoms. The molecule has 1 rings (SSSR count). The van der Waals surface area contributed by atoms with E-state index >= 15 is 0 Å². The zero-order valence-corrected chi connectivity index (χ0v) is 10.2. The average Bonchev–Trinajstić information content (AvgIpc) is 1.88. The van der Waals surface area contributed by atoms with Crippen LogP contribution in [-0.4, -0.2) is 5.66 Å². The Morgan fingerprint density at radius 2 is 1.64 bits per heavy atom. The van der Waals surface area contributed by atoms with E-state index < -0.39 is 0 Å². The molecule has 0 nitrogen and oxygen atoms in total. The van der Waals surface area contributed by atoms with Gasteiger partial charge in [-0.2, -0.15) is 0 Å². The first-order valence-corrected chi connectivity index (χ1v) is 4.93. The van der Waals surface area contributed by atoms with Gasteiger partial charge in [0, 0.05) is 8.58 Å². The van der Waals surface area contributed by atoms with E-state index in [4.69, 9.17) is 0 Å². The van der Waals surface area contributed by atoms with Gasteiger partial charge < -0.3 is 24.0 Å². The largest absolute Gasteiger partial charge is 1.00 e. The third kappa shape index (κ3) is 4.76. The topological polar surface area (TPSA) is 0 Å². The lowest BCUT2D eigenvalue weighted by atomic mass is 10.4. The molecular formula is C9H14IP. The molecule has 0 heterocycles. The summed E-state index contributed by atoms with van der Waals surface area (Å²) in [5, 5.41) is 1.53. The number of hydrogen-bond acceptors (Lipinski definition) is 0. The van der Waals surface area contributed by atoms with Crippen molar-refractivity contribution in [2.45, 2.75) is 19.5 Å². The summed E-state index contributed by atoms with van der Waals surface area (Å²) in [5.41, 5.74) is 0.849. The van der Waals surface area contributed by atoms with E-state index in [1.807, 2.05) is 0 Å². The minimum absolute atomic E-state index is 0. The predicted molar refractivity (Wildman–Crippen MR) is 50.9 cm³/mol. The predicted octanol–water partition coefficient (Wildman–Crippen LogP) is -0.865. The van der Waals surface area contributed by atoms with Crippen LogP contribution < -0.4 is 29.3 Å². The van der Waals surface area contributed by atoms with Crippen LogP contribution in [0.1, 0.15) is 13.8 Å². The summed E-state index contributed by atoms with van der Waals surface area (Å²) in [5.74, 6) is 0. The van der Waals surface area contributed by atoms with E-state index in [9.17, 15) is 0 Å². The van der Waals surface area contributed by atoms with Gasteiger partial charge in [-0.05, 0) is 26.0 Å². The molecule has 0 fully saturated rings. The fraction of sp³-hybridized carbons (Fsp3) is 0.333. The molecule has 0 N–H and O–H groups in total. The standard InChI is InChI=1S/C9H13P.HI/c1-8(2)10-9-6-4-3-5-7-9;/h3-8,10H,1-2H3;1H. The molecule has 1 aromatic carbocycles. The third-order valence-electron chi connectivity index (χ3n) is 1.33. The summed E-state index contributed by atoms with van der Waals surface area (Å²) < 4.78 is 0. The molecule has 0 spiro atoms. The molecule has 0 radical (unpaired) electrons. The Morgan fingerprint density at radius 3 is 2.09 bits per heavy atom. The summed E-state index contributed by atoms with van der Waals surface area (Å²) in [7, 11) is 0.492. The molecule has 1 unspecified atom stereocenters. The second-order valence-corrected chi connectivity index (χ2v) is 5.15. The van der Waals surface area contributed by atoms with Gasteiger partial charge in [0.2, 0.25) is 0 Å². The molecule has 0 amide bonds. The lowest BCUT2D eigenvalue weighted by Crippen LogP contribution is -3.00. The quantitative estimate of drug-likeness (QED) is 0.488. The highest BCUT2D eigenvalue weighted by Crippen LogP contribution is 2.16. The van der Waals surface area contributed by atoms with Gasteiger partial charge in [-0.3, -0.25) is 0 Å². The van der Waals surface area contributed by atoms with E-state index in [2.05, 4.69) is 44.2 Å². The van der Waals surface area contributed by atoms with Crippen molar-refractivity contribution in [2.24, 2.45) is 0 Å². The summed E-state index contributed by atoms with van der Waals surface area (Å²) in [6.45, 7) is 4.56. The Labute approximate surface area is 87.6 Å². The SMILES string of the molecule is CC(C)[PH2+]c1ccccc1.[I-]. The van der Waals surface area contributed by atoms with Crippen LogP contribution in [0.4, 0.5) is 0 Å². The molecule has 1 atom stereocenters. The van der Waals surface area contributed by atoms with Gasteiger partial charge in [0.25, 0.3) is 0 Å². The minimum atomic E-state index is 0. The van der Waals surface area contributed by atoms with Crippen LogP contribution in [-0.2, 0) is 0 Å². The molecule has 0 aliphatic heterocycles. The van der Waals surface area contributed by atoms with Crippen molar-refractivity contribution in [3.63, 3.8) is 0 Å². The van der Waals surface area contributed by atoms with E-state index in [1.165, 1.54) is 5.30 Å². The van der Waals surface area contributed by atoms with Crippen LogP contribution in [0.25, 0.3) is 0 Å². The first-order chi connectivity index (χ1) is 4.79. The number of rotatable bonds is 2. The van der Waals surface area contributed by atoms with Gasteiger partial charge in [-0.1, -0.05) is 18.2 Å². The van der Waals surface area contributed by atoms with Gasteiger partial charge in [0.05, 0.1) is 11.0 Å². The normalized spacial score (nSPS) is 10.5. The highest BCUT2D eigenvalue weighted by molar-refractivity contribution is 7.47. The minimum Gasteiger partial charge on any atom is -1.00 e. The Balaban J connectivity index is 0.000001000. The lowest BCUT2D eigenvalue weighted by Gasteiger charge is -1.95.